The molecule has 0 saturated heterocycles. The van der Waals surface area contributed by atoms with Crippen LogP contribution in [0.3, 0.4) is 0 Å². The molecule has 0 aromatic carbocycles. The van der Waals surface area contributed by atoms with E-state index in [9.17, 15) is 4.79 Å². The van der Waals surface area contributed by atoms with Gasteiger partial charge in [-0.3, -0.25) is 9.78 Å². The van der Waals surface area contributed by atoms with E-state index >= 15 is 0 Å². The fourth-order valence-corrected chi connectivity index (χ4v) is 4.06. The molecule has 3 rings (SSSR count). The Hall–Kier alpha value is -1.63. The van der Waals surface area contributed by atoms with Crippen molar-refractivity contribution in [3.8, 4) is 0 Å². The maximum Gasteiger partial charge on any atom is 0.264 e. The molecule has 0 saturated carbocycles. The third kappa shape index (κ3) is 2.74. The number of nitrogens with two attached hydrogens (primary N) is 1. The summed E-state index contributed by atoms with van der Waals surface area (Å²) in [6.07, 6.45) is 1.67. The highest BCUT2D eigenvalue weighted by Crippen LogP contribution is 2.33. The number of nitrogens with one attached hydrogen (secondary N) is 1. The maximum absolute atomic E-state index is 12.4. The van der Waals surface area contributed by atoms with Gasteiger partial charge in [-0.05, 0) is 31.2 Å². The van der Waals surface area contributed by atoms with Crippen LogP contribution < -0.4 is 11.1 Å². The molecule has 7 heteroatoms. The molecule has 21 heavy (non-hydrogen) atoms. The van der Waals surface area contributed by atoms with Crippen LogP contribution in [0.4, 0.5) is 5.69 Å². The van der Waals surface area contributed by atoms with Gasteiger partial charge >= 0.3 is 0 Å². The summed E-state index contributed by atoms with van der Waals surface area (Å²) in [5.41, 5.74) is 7.14. The first-order valence-electron chi connectivity index (χ1n) is 6.25. The minimum atomic E-state index is -0.187. The first kappa shape index (κ1) is 14.3. The molecule has 108 valence electrons. The molecule has 1 atom stereocenters. The summed E-state index contributed by atoms with van der Waals surface area (Å²) in [6.45, 7) is 1.92. The molecule has 3 heterocycles. The number of nitrogens with zero attached hydrogens (tertiary/aromatic N) is 1. The summed E-state index contributed by atoms with van der Waals surface area (Å²) in [5.74, 6) is -0.187. The van der Waals surface area contributed by atoms with Gasteiger partial charge in [0.15, 0.2) is 0 Å². The standard InChI is InChI=1S/C14H12ClN3OS2/c1-7(8-4-5-10(15)20-8)18-14(19)13-11(16)12-9(21-13)3-2-6-17-12/h2-7H,16H2,1H3,(H,18,19). The summed E-state index contributed by atoms with van der Waals surface area (Å²) < 4.78 is 1.61. The highest BCUT2D eigenvalue weighted by atomic mass is 35.5. The van der Waals surface area contributed by atoms with Crippen LogP contribution >= 0.6 is 34.3 Å². The zero-order valence-electron chi connectivity index (χ0n) is 11.1. The zero-order chi connectivity index (χ0) is 15.0. The minimum absolute atomic E-state index is 0.118. The Kier molecular flexibility index (Phi) is 3.84. The largest absolute Gasteiger partial charge is 0.396 e. The van der Waals surface area contributed by atoms with Crippen LogP contribution in [-0.2, 0) is 0 Å². The van der Waals surface area contributed by atoms with Gasteiger partial charge in [-0.15, -0.1) is 22.7 Å². The average Bonchev–Trinajstić information content (AvgIpc) is 3.04. The number of rotatable bonds is 3. The summed E-state index contributed by atoms with van der Waals surface area (Å²) in [5, 5.41) is 2.94. The van der Waals surface area contributed by atoms with Crippen molar-refractivity contribution >= 4 is 56.1 Å². The van der Waals surface area contributed by atoms with Crippen molar-refractivity contribution in [2.75, 3.05) is 5.73 Å². The second-order valence-corrected chi connectivity index (χ2v) is 7.33. The first-order valence-corrected chi connectivity index (χ1v) is 8.26. The number of carbonyl (C=O) groups excluding carboxylic acids is 1. The Morgan fingerprint density at radius 1 is 1.38 bits per heavy atom. The van der Waals surface area contributed by atoms with Crippen molar-refractivity contribution in [2.24, 2.45) is 0 Å². The van der Waals surface area contributed by atoms with Gasteiger partial charge in [-0.2, -0.15) is 0 Å². The zero-order valence-corrected chi connectivity index (χ0v) is 13.5. The highest BCUT2D eigenvalue weighted by Gasteiger charge is 2.19. The van der Waals surface area contributed by atoms with E-state index in [0.29, 0.717) is 20.4 Å². The van der Waals surface area contributed by atoms with Crippen LogP contribution in [0, 0.1) is 0 Å². The molecule has 4 nitrogen and oxygen atoms in total. The fourth-order valence-electron chi connectivity index (χ4n) is 2.01. The molecule has 0 radical (unpaired) electrons. The number of aromatic nitrogens is 1. The van der Waals surface area contributed by atoms with Crippen LogP contribution in [0.2, 0.25) is 4.34 Å². The lowest BCUT2D eigenvalue weighted by molar-refractivity contribution is 0.0945. The number of anilines is 1. The van der Waals surface area contributed by atoms with Crippen molar-refractivity contribution in [2.45, 2.75) is 13.0 Å². The number of hydrogen-bond acceptors (Lipinski definition) is 5. The molecule has 0 spiro atoms. The monoisotopic (exact) mass is 337 g/mol. The fraction of sp³-hybridized carbons (Fsp3) is 0.143. The van der Waals surface area contributed by atoms with Gasteiger partial charge in [0.2, 0.25) is 0 Å². The second-order valence-electron chi connectivity index (χ2n) is 4.53. The number of hydrogen-bond donors (Lipinski definition) is 2. The van der Waals surface area contributed by atoms with Crippen molar-refractivity contribution in [1.29, 1.82) is 0 Å². The normalized spacial score (nSPS) is 12.5. The number of nitrogen functional groups attached to an aromatic ring is 1. The summed E-state index contributed by atoms with van der Waals surface area (Å²) in [7, 11) is 0. The number of thiophene rings is 2. The average molecular weight is 338 g/mol. The number of fused-ring (bicyclic) bond motifs is 1. The Morgan fingerprint density at radius 2 is 2.19 bits per heavy atom. The van der Waals surface area contributed by atoms with E-state index < -0.39 is 0 Å². The van der Waals surface area contributed by atoms with Gasteiger partial charge < -0.3 is 11.1 Å². The van der Waals surface area contributed by atoms with Crippen molar-refractivity contribution in [3.63, 3.8) is 0 Å². The maximum atomic E-state index is 12.4. The smallest absolute Gasteiger partial charge is 0.264 e. The van der Waals surface area contributed by atoms with Crippen LogP contribution in [0.15, 0.2) is 30.5 Å². The van der Waals surface area contributed by atoms with E-state index in [-0.39, 0.29) is 11.9 Å². The number of carbonyl (C=O) groups is 1. The van der Waals surface area contributed by atoms with E-state index in [1.807, 2.05) is 31.2 Å². The topological polar surface area (TPSA) is 68.0 Å². The van der Waals surface area contributed by atoms with E-state index in [0.717, 1.165) is 9.58 Å². The SMILES string of the molecule is CC(NC(=O)c1sc2cccnc2c1N)c1ccc(Cl)s1. The molecule has 3 aromatic rings. The van der Waals surface area contributed by atoms with Gasteiger partial charge in [0, 0.05) is 11.1 Å². The van der Waals surface area contributed by atoms with Crippen molar-refractivity contribution in [3.05, 3.63) is 44.6 Å². The Balaban J connectivity index is 1.85. The van der Waals surface area contributed by atoms with Crippen molar-refractivity contribution < 1.29 is 4.79 Å². The van der Waals surface area contributed by atoms with Crippen LogP contribution in [-0.4, -0.2) is 10.9 Å². The molecule has 0 bridgehead atoms. The first-order chi connectivity index (χ1) is 10.1. The Bertz CT molecular complexity index is 812. The minimum Gasteiger partial charge on any atom is -0.396 e. The predicted molar refractivity (Wildman–Crippen MR) is 89.2 cm³/mol. The Labute approximate surface area is 134 Å². The van der Waals surface area contributed by atoms with Gasteiger partial charge in [-0.1, -0.05) is 11.6 Å². The molecule has 0 aliphatic heterocycles. The van der Waals surface area contributed by atoms with Crippen LogP contribution in [0.1, 0.15) is 27.5 Å². The molecule has 1 unspecified atom stereocenters. The van der Waals surface area contributed by atoms with Crippen molar-refractivity contribution in [1.82, 2.24) is 10.3 Å². The predicted octanol–water partition coefficient (Wildman–Crippen LogP) is 4.08. The van der Waals surface area contributed by atoms with E-state index in [1.54, 1.807) is 6.20 Å². The molecule has 1 amide bonds. The lowest BCUT2D eigenvalue weighted by Crippen LogP contribution is -2.25. The Morgan fingerprint density at radius 3 is 2.86 bits per heavy atom. The summed E-state index contributed by atoms with van der Waals surface area (Å²) >= 11 is 8.72. The molecule has 0 aliphatic rings. The highest BCUT2D eigenvalue weighted by molar-refractivity contribution is 7.21. The second kappa shape index (κ2) is 5.63. The third-order valence-corrected chi connectivity index (χ3v) is 5.63. The summed E-state index contributed by atoms with van der Waals surface area (Å²) in [6, 6.07) is 7.35. The number of pyridine rings is 1. The van der Waals surface area contributed by atoms with Gasteiger partial charge in [0.25, 0.3) is 5.91 Å². The molecular formula is C14H12ClN3OS2. The van der Waals surface area contributed by atoms with E-state index in [2.05, 4.69) is 10.3 Å². The molecular weight excluding hydrogens is 326 g/mol. The molecule has 3 aromatic heterocycles. The quantitative estimate of drug-likeness (QED) is 0.756. The lowest BCUT2D eigenvalue weighted by atomic mass is 10.2. The van der Waals surface area contributed by atoms with Gasteiger partial charge in [0.1, 0.15) is 10.4 Å². The molecule has 3 N–H and O–H groups in total. The van der Waals surface area contributed by atoms with Gasteiger partial charge in [0.05, 0.1) is 20.8 Å². The van der Waals surface area contributed by atoms with Crippen LogP contribution in [0.25, 0.3) is 10.2 Å². The number of halogens is 1. The van der Waals surface area contributed by atoms with E-state index in [4.69, 9.17) is 17.3 Å². The van der Waals surface area contributed by atoms with Crippen LogP contribution in [0.5, 0.6) is 0 Å². The van der Waals surface area contributed by atoms with E-state index in [1.165, 1.54) is 22.7 Å². The molecule has 0 fully saturated rings. The molecule has 0 aliphatic carbocycles. The number of amides is 1. The summed E-state index contributed by atoms with van der Waals surface area (Å²) in [4.78, 5) is 18.1. The van der Waals surface area contributed by atoms with Gasteiger partial charge in [-0.25, -0.2) is 0 Å². The lowest BCUT2D eigenvalue weighted by Gasteiger charge is -2.11. The third-order valence-electron chi connectivity index (χ3n) is 3.06.